The van der Waals surface area contributed by atoms with Crippen molar-refractivity contribution in [2.75, 3.05) is 6.61 Å². The van der Waals surface area contributed by atoms with Gasteiger partial charge in [-0.15, -0.1) is 0 Å². The van der Waals surface area contributed by atoms with Crippen LogP contribution in [0.3, 0.4) is 0 Å². The Labute approximate surface area is 322 Å². The topological polar surface area (TPSA) is 81.7 Å². The minimum atomic E-state index is -2.33. The van der Waals surface area contributed by atoms with Gasteiger partial charge in [-0.25, -0.2) is 4.79 Å². The van der Waals surface area contributed by atoms with E-state index >= 15 is 0 Å². The molecule has 0 N–H and O–H groups in total. The molecular weight excluding hydrogens is 733 g/mol. The van der Waals surface area contributed by atoms with E-state index in [-0.39, 0.29) is 6.10 Å². The van der Waals surface area contributed by atoms with Crippen molar-refractivity contribution in [2.24, 2.45) is 0 Å². The van der Waals surface area contributed by atoms with Gasteiger partial charge in [0, 0.05) is 0 Å². The van der Waals surface area contributed by atoms with Gasteiger partial charge in [-0.3, -0.25) is 0 Å². The summed E-state index contributed by atoms with van der Waals surface area (Å²) in [5.41, 5.74) is 4.65. The van der Waals surface area contributed by atoms with E-state index in [0.29, 0.717) is 17.9 Å². The van der Waals surface area contributed by atoms with Crippen molar-refractivity contribution < 1.29 is 35.5 Å². The minimum absolute atomic E-state index is 0.202. The number of hydrogen-bond donors (Lipinski definition) is 0. The lowest BCUT2D eigenvalue weighted by molar-refractivity contribution is 0.0734. The van der Waals surface area contributed by atoms with Crippen LogP contribution in [0.4, 0.5) is 0 Å². The number of carbonyl (C=O) groups excluding carboxylic acids is 1. The molecule has 0 spiro atoms. The molecule has 1 unspecified atom stereocenters. The monoisotopic (exact) mass is 785 g/mol. The van der Waals surface area contributed by atoms with Crippen LogP contribution in [0, 0.1) is 0 Å². The predicted octanol–water partition coefficient (Wildman–Crippen LogP) is 10.6. The number of esters is 1. The first-order valence-corrected chi connectivity index (χ1v) is 26.7. The van der Waals surface area contributed by atoms with Gasteiger partial charge in [-0.1, -0.05) is 74.7 Å². The third kappa shape index (κ3) is 13.2. The second-order valence-corrected chi connectivity index (χ2v) is 22.6. The van der Waals surface area contributed by atoms with Crippen LogP contribution < -0.4 is 14.2 Å². The molecule has 0 saturated carbocycles. The fraction of sp³-hybridized carbons (Fsp3) is 0.390. The summed E-state index contributed by atoms with van der Waals surface area (Å²) in [6, 6.07) is 32.1. The molecule has 1 saturated heterocycles. The lowest BCUT2D eigenvalue weighted by Crippen LogP contribution is -2.52. The van der Waals surface area contributed by atoms with Crippen molar-refractivity contribution in [2.45, 2.75) is 97.1 Å². The highest BCUT2D eigenvalue weighted by Gasteiger charge is 2.40. The summed E-state index contributed by atoms with van der Waals surface area (Å²) in [6.45, 7) is 13.1. The van der Waals surface area contributed by atoms with Crippen LogP contribution in [0.25, 0.3) is 22.3 Å². The molecule has 1 aliphatic heterocycles. The fourth-order valence-corrected chi connectivity index (χ4v) is 18.2. The maximum absolute atomic E-state index is 12.9. The smallest absolute Gasteiger partial charge is 0.362 e. The third-order valence-corrected chi connectivity index (χ3v) is 20.6. The van der Waals surface area contributed by atoms with Gasteiger partial charge in [0.1, 0.15) is 17.2 Å². The highest BCUT2D eigenvalue weighted by Crippen LogP contribution is 2.28. The Morgan fingerprint density at radius 1 is 0.642 bits per heavy atom. The molecule has 1 heterocycles. The van der Waals surface area contributed by atoms with E-state index in [9.17, 15) is 4.79 Å². The summed E-state index contributed by atoms with van der Waals surface area (Å²) in [6.07, 6.45) is 8.12. The highest BCUT2D eigenvalue weighted by molar-refractivity contribution is 6.81. The van der Waals surface area contributed by atoms with Gasteiger partial charge < -0.3 is 30.7 Å². The zero-order valence-corrected chi connectivity index (χ0v) is 35.9. The quantitative estimate of drug-likeness (QED) is 0.0453. The van der Waals surface area contributed by atoms with Gasteiger partial charge in [-0.05, 0) is 136 Å². The van der Waals surface area contributed by atoms with Crippen molar-refractivity contribution >= 4 is 42.4 Å². The van der Waals surface area contributed by atoms with Crippen LogP contribution in [0.15, 0.2) is 97.1 Å². The van der Waals surface area contributed by atoms with Crippen LogP contribution in [-0.2, 0) is 16.5 Å². The summed E-state index contributed by atoms with van der Waals surface area (Å²) in [7, 11) is -6.34. The van der Waals surface area contributed by atoms with E-state index in [4.69, 9.17) is 30.7 Å². The molecular formula is C41H53O8Si4. The van der Waals surface area contributed by atoms with Gasteiger partial charge >= 0.3 is 42.4 Å². The number of rotatable bonds is 17. The van der Waals surface area contributed by atoms with E-state index in [1.807, 2.05) is 92.4 Å². The molecule has 12 heteroatoms. The molecule has 0 aliphatic carbocycles. The van der Waals surface area contributed by atoms with Gasteiger partial charge in [0.25, 0.3) is 0 Å². The van der Waals surface area contributed by atoms with Crippen LogP contribution >= 0.6 is 0 Å². The Morgan fingerprint density at radius 3 is 1.70 bits per heavy atom. The fourth-order valence-electron chi connectivity index (χ4n) is 6.24. The summed E-state index contributed by atoms with van der Waals surface area (Å²) >= 11 is 0. The molecule has 5 rings (SSSR count). The van der Waals surface area contributed by atoms with Crippen molar-refractivity contribution in [3.8, 4) is 39.5 Å². The van der Waals surface area contributed by atoms with E-state index < -0.39 is 42.4 Å². The second-order valence-electron chi connectivity index (χ2n) is 13.6. The molecule has 4 aromatic carbocycles. The summed E-state index contributed by atoms with van der Waals surface area (Å²) < 4.78 is 42.4. The third-order valence-electron chi connectivity index (χ3n) is 8.95. The SMILES string of the molecule is CCCCCCC(C)Oc1ccc(-c2ccc(OC(=O)c3ccc(-c4ccc(OCCCC[Si]5(C)O[Si](C)O[Si](C)O[Si](C)O5)cc4)cc3)cc2)cc1. The Morgan fingerprint density at radius 2 is 1.15 bits per heavy atom. The lowest BCUT2D eigenvalue weighted by atomic mass is 10.0. The summed E-state index contributed by atoms with van der Waals surface area (Å²) in [4.78, 5) is 12.9. The van der Waals surface area contributed by atoms with Crippen LogP contribution in [-0.4, -0.2) is 55.1 Å². The molecule has 1 fully saturated rings. The molecule has 1 aliphatic rings. The number of hydrogen-bond acceptors (Lipinski definition) is 8. The van der Waals surface area contributed by atoms with E-state index in [1.165, 1.54) is 25.7 Å². The Balaban J connectivity index is 1.04. The molecule has 0 bridgehead atoms. The van der Waals surface area contributed by atoms with Crippen molar-refractivity contribution in [1.82, 2.24) is 0 Å². The first kappa shape index (κ1) is 40.8. The maximum atomic E-state index is 12.9. The lowest BCUT2D eigenvalue weighted by Gasteiger charge is -2.35. The number of benzene rings is 4. The summed E-state index contributed by atoms with van der Waals surface area (Å²) in [5, 5.41) is 0. The highest BCUT2D eigenvalue weighted by atomic mass is 28.5. The largest absolute Gasteiger partial charge is 0.494 e. The number of unbranched alkanes of at least 4 members (excludes halogenated alkanes) is 4. The molecule has 3 radical (unpaired) electrons. The average Bonchev–Trinajstić information content (AvgIpc) is 3.13. The Bertz CT molecular complexity index is 1670. The van der Waals surface area contributed by atoms with E-state index in [1.54, 1.807) is 12.1 Å². The van der Waals surface area contributed by atoms with E-state index in [0.717, 1.165) is 59.1 Å². The second kappa shape index (κ2) is 20.4. The summed E-state index contributed by atoms with van der Waals surface area (Å²) in [5.74, 6) is 1.81. The number of ether oxygens (including phenoxy) is 3. The Kier molecular flexibility index (Phi) is 15.7. The van der Waals surface area contributed by atoms with E-state index in [2.05, 4.69) is 32.5 Å². The van der Waals surface area contributed by atoms with Crippen molar-refractivity contribution in [3.63, 3.8) is 0 Å². The van der Waals surface area contributed by atoms with Crippen LogP contribution in [0.5, 0.6) is 17.2 Å². The van der Waals surface area contributed by atoms with Crippen LogP contribution in [0.2, 0.25) is 32.2 Å². The van der Waals surface area contributed by atoms with Gasteiger partial charge in [0.15, 0.2) is 0 Å². The molecule has 0 amide bonds. The average molecular weight is 786 g/mol. The Hall–Kier alpha value is -3.34. The first-order chi connectivity index (χ1) is 25.6. The molecule has 8 nitrogen and oxygen atoms in total. The first-order valence-electron chi connectivity index (χ1n) is 18.8. The molecule has 53 heavy (non-hydrogen) atoms. The van der Waals surface area contributed by atoms with Gasteiger partial charge in [0.05, 0.1) is 18.3 Å². The standard InChI is InChI=1S/C41H53O8Si4/c1-7-8-9-10-13-32(2)44-39-26-20-35(21-27-39)36-22-28-40(29-23-36)45-41(42)37-16-14-33(15-17-37)34-18-24-38(25-19-34)43-30-11-12-31-53(6)48-51(4)46-50(3)47-52(5)49-53/h14-29,32H,7-13,30-31H2,1-6H3. The molecule has 0 aromatic heterocycles. The van der Waals surface area contributed by atoms with Gasteiger partial charge in [0.2, 0.25) is 0 Å². The zero-order valence-electron chi connectivity index (χ0n) is 31.9. The number of carbonyl (C=O) groups is 1. The van der Waals surface area contributed by atoms with Crippen molar-refractivity contribution in [1.29, 1.82) is 0 Å². The predicted molar refractivity (Wildman–Crippen MR) is 218 cm³/mol. The normalized spacial score (nSPS) is 16.0. The van der Waals surface area contributed by atoms with Crippen LogP contribution in [0.1, 0.15) is 69.2 Å². The van der Waals surface area contributed by atoms with Crippen molar-refractivity contribution in [3.05, 3.63) is 103 Å². The van der Waals surface area contributed by atoms with Gasteiger partial charge in [-0.2, -0.15) is 0 Å². The minimum Gasteiger partial charge on any atom is -0.494 e. The molecule has 1 atom stereocenters. The molecule has 4 aromatic rings. The zero-order chi connectivity index (χ0) is 37.6. The molecule has 281 valence electrons. The maximum Gasteiger partial charge on any atom is 0.362 e.